The Morgan fingerprint density at radius 1 is 1.32 bits per heavy atom. The van der Waals surface area contributed by atoms with Crippen molar-refractivity contribution in [3.8, 4) is 6.07 Å². The highest BCUT2D eigenvalue weighted by Gasteiger charge is 2.22. The average Bonchev–Trinajstić information content (AvgIpc) is 3.32. The topological polar surface area (TPSA) is 97.4 Å². The minimum Gasteiger partial charge on any atom is -0.341 e. The second-order valence-electron chi connectivity index (χ2n) is 7.02. The van der Waals surface area contributed by atoms with E-state index in [1.165, 1.54) is 0 Å². The molecule has 144 valence electrons. The number of anilines is 1. The van der Waals surface area contributed by atoms with Gasteiger partial charge in [0.25, 0.3) is 5.78 Å². The summed E-state index contributed by atoms with van der Waals surface area (Å²) in [4.78, 5) is 15.8. The summed E-state index contributed by atoms with van der Waals surface area (Å²) in [6, 6.07) is 2.71. The predicted octanol–water partition coefficient (Wildman–Crippen LogP) is 2.11. The Hall–Kier alpha value is -3.18. The highest BCUT2D eigenvalue weighted by molar-refractivity contribution is 6.20. The molecule has 2 N–H and O–H groups in total. The highest BCUT2D eigenvalue weighted by Crippen LogP contribution is 2.27. The molecule has 0 atom stereocenters. The lowest BCUT2D eigenvalue weighted by atomic mass is 9.92. The molecular formula is C20H24N8. The molecule has 8 nitrogen and oxygen atoms in total. The molecule has 1 aliphatic carbocycles. The molecule has 2 aromatic rings. The zero-order chi connectivity index (χ0) is 19.7. The van der Waals surface area contributed by atoms with Crippen LogP contribution >= 0.6 is 0 Å². The standard InChI is InChI=1S/C20H24N8/c1-4-13-9-14(10-15(11-21)18(13)22-2)17-12-28-19(24-17)25-20(26-28)27(3)16-5-7-23-8-6-16/h4,9-10,12,16,23H,5-8H2,1-3H3,(H,24,25,26)/b13-4-,22-18?. The lowest BCUT2D eigenvalue weighted by Gasteiger charge is -2.31. The number of aromatic nitrogens is 4. The first-order chi connectivity index (χ1) is 13.6. The maximum atomic E-state index is 9.48. The summed E-state index contributed by atoms with van der Waals surface area (Å²) in [5, 5.41) is 16.2. The van der Waals surface area contributed by atoms with Gasteiger partial charge >= 0.3 is 0 Å². The van der Waals surface area contributed by atoms with Crippen molar-refractivity contribution in [2.45, 2.75) is 25.8 Å². The summed E-state index contributed by atoms with van der Waals surface area (Å²) in [5.41, 5.74) is 3.83. The molecule has 8 heteroatoms. The van der Waals surface area contributed by atoms with Gasteiger partial charge in [-0.3, -0.25) is 10.1 Å². The second kappa shape index (κ2) is 7.44. The van der Waals surface area contributed by atoms with E-state index in [4.69, 9.17) is 0 Å². The van der Waals surface area contributed by atoms with Crippen molar-refractivity contribution in [3.05, 3.63) is 41.3 Å². The summed E-state index contributed by atoms with van der Waals surface area (Å²) >= 11 is 0. The SMILES string of the molecule is C/C=C1/C=C(c2cn3[nH]c(N(C)C4CCNCC4)nc3n2)C=C(C#N)C1=NC. The van der Waals surface area contributed by atoms with Crippen LogP contribution in [0.1, 0.15) is 25.5 Å². The van der Waals surface area contributed by atoms with Gasteiger partial charge in [0.05, 0.1) is 23.2 Å². The molecule has 1 saturated heterocycles. The van der Waals surface area contributed by atoms with Crippen LogP contribution < -0.4 is 10.2 Å². The number of hydrogen-bond acceptors (Lipinski definition) is 6. The van der Waals surface area contributed by atoms with E-state index in [1.54, 1.807) is 7.05 Å². The number of nitrogens with zero attached hydrogens (tertiary/aromatic N) is 6. The molecule has 28 heavy (non-hydrogen) atoms. The Bertz CT molecular complexity index is 1020. The Morgan fingerprint density at radius 2 is 2.11 bits per heavy atom. The molecule has 0 unspecified atom stereocenters. The fourth-order valence-electron chi connectivity index (χ4n) is 3.78. The molecule has 0 aromatic carbocycles. The van der Waals surface area contributed by atoms with E-state index < -0.39 is 0 Å². The highest BCUT2D eigenvalue weighted by atomic mass is 15.4. The van der Waals surface area contributed by atoms with Gasteiger partial charge in [-0.2, -0.15) is 10.2 Å². The van der Waals surface area contributed by atoms with Gasteiger partial charge in [0.2, 0.25) is 5.95 Å². The summed E-state index contributed by atoms with van der Waals surface area (Å²) in [6.07, 6.45) is 9.92. The molecule has 0 radical (unpaired) electrons. The molecule has 1 fully saturated rings. The lowest BCUT2D eigenvalue weighted by Crippen LogP contribution is -2.41. The maximum absolute atomic E-state index is 9.48. The number of hydrogen-bond donors (Lipinski definition) is 2. The van der Waals surface area contributed by atoms with Crippen LogP contribution in [0.25, 0.3) is 11.4 Å². The number of allylic oxidation sites excluding steroid dienone is 6. The van der Waals surface area contributed by atoms with Crippen LogP contribution in [0, 0.1) is 11.3 Å². The van der Waals surface area contributed by atoms with Gasteiger partial charge in [-0.1, -0.05) is 6.08 Å². The van der Waals surface area contributed by atoms with Gasteiger partial charge in [0.1, 0.15) is 6.07 Å². The summed E-state index contributed by atoms with van der Waals surface area (Å²) in [5.74, 6) is 1.44. The molecule has 0 spiro atoms. The summed E-state index contributed by atoms with van der Waals surface area (Å²) in [6.45, 7) is 4.01. The van der Waals surface area contributed by atoms with Crippen LogP contribution in [0.15, 0.2) is 40.6 Å². The van der Waals surface area contributed by atoms with Crippen LogP contribution in [0.5, 0.6) is 0 Å². The van der Waals surface area contributed by atoms with E-state index in [2.05, 4.69) is 43.4 Å². The number of nitriles is 1. The quantitative estimate of drug-likeness (QED) is 0.855. The van der Waals surface area contributed by atoms with Crippen molar-refractivity contribution in [3.63, 3.8) is 0 Å². The average molecular weight is 376 g/mol. The van der Waals surface area contributed by atoms with Crippen LogP contribution in [-0.2, 0) is 0 Å². The summed E-state index contributed by atoms with van der Waals surface area (Å²) < 4.78 is 1.84. The van der Waals surface area contributed by atoms with Crippen molar-refractivity contribution < 1.29 is 0 Å². The number of fused-ring (bicyclic) bond motifs is 1. The van der Waals surface area contributed by atoms with Gasteiger partial charge in [-0.15, -0.1) is 0 Å². The number of nitrogens with one attached hydrogen (secondary N) is 2. The Kier molecular flexibility index (Phi) is 4.84. The minimum atomic E-state index is 0.475. The molecule has 1 aliphatic heterocycles. The first-order valence-electron chi connectivity index (χ1n) is 9.51. The van der Waals surface area contributed by atoms with E-state index in [0.29, 0.717) is 23.1 Å². The van der Waals surface area contributed by atoms with Crippen LogP contribution in [0.3, 0.4) is 0 Å². The molecule has 3 heterocycles. The van der Waals surface area contributed by atoms with Crippen LogP contribution in [0.2, 0.25) is 0 Å². The van der Waals surface area contributed by atoms with Crippen molar-refractivity contribution in [1.29, 1.82) is 5.26 Å². The number of aliphatic imine (C=N–C) groups is 1. The molecular weight excluding hydrogens is 352 g/mol. The molecule has 0 saturated carbocycles. The van der Waals surface area contributed by atoms with Crippen molar-refractivity contribution in [1.82, 2.24) is 24.9 Å². The van der Waals surface area contributed by atoms with Gasteiger partial charge in [-0.25, -0.2) is 9.50 Å². The predicted molar refractivity (Wildman–Crippen MR) is 110 cm³/mol. The second-order valence-corrected chi connectivity index (χ2v) is 7.02. The van der Waals surface area contributed by atoms with Crippen LogP contribution in [0.4, 0.5) is 5.95 Å². The van der Waals surface area contributed by atoms with Gasteiger partial charge in [0.15, 0.2) is 0 Å². The third kappa shape index (κ3) is 3.14. The largest absolute Gasteiger partial charge is 0.341 e. The third-order valence-corrected chi connectivity index (χ3v) is 5.39. The van der Waals surface area contributed by atoms with Crippen molar-refractivity contribution >= 4 is 23.0 Å². The molecule has 0 bridgehead atoms. The zero-order valence-electron chi connectivity index (χ0n) is 16.4. The number of aromatic amines is 1. The third-order valence-electron chi connectivity index (χ3n) is 5.39. The number of piperidine rings is 1. The molecule has 0 amide bonds. The Morgan fingerprint density at radius 3 is 2.75 bits per heavy atom. The van der Waals surface area contributed by atoms with E-state index in [-0.39, 0.29) is 0 Å². The van der Waals surface area contributed by atoms with Gasteiger partial charge in [0, 0.05) is 25.7 Å². The smallest absolute Gasteiger partial charge is 0.252 e. The Balaban J connectivity index is 1.64. The van der Waals surface area contributed by atoms with E-state index in [0.717, 1.165) is 48.7 Å². The lowest BCUT2D eigenvalue weighted by molar-refractivity contribution is 0.440. The van der Waals surface area contributed by atoms with E-state index in [9.17, 15) is 5.26 Å². The number of H-pyrrole nitrogens is 1. The van der Waals surface area contributed by atoms with Crippen molar-refractivity contribution in [2.75, 3.05) is 32.1 Å². The first kappa shape index (κ1) is 18.2. The van der Waals surface area contributed by atoms with E-state index >= 15 is 0 Å². The Labute approximate surface area is 164 Å². The summed E-state index contributed by atoms with van der Waals surface area (Å²) in [7, 11) is 3.78. The monoisotopic (exact) mass is 376 g/mol. The van der Waals surface area contributed by atoms with Gasteiger partial charge in [-0.05, 0) is 50.6 Å². The first-order valence-corrected chi connectivity index (χ1v) is 9.51. The number of rotatable bonds is 3. The maximum Gasteiger partial charge on any atom is 0.252 e. The molecule has 4 rings (SSSR count). The molecule has 2 aromatic heterocycles. The number of imidazole rings is 1. The fourth-order valence-corrected chi connectivity index (χ4v) is 3.78. The van der Waals surface area contributed by atoms with Crippen molar-refractivity contribution in [2.24, 2.45) is 4.99 Å². The van der Waals surface area contributed by atoms with Gasteiger partial charge < -0.3 is 10.2 Å². The van der Waals surface area contributed by atoms with E-state index in [1.807, 2.05) is 35.9 Å². The minimum absolute atomic E-state index is 0.475. The zero-order valence-corrected chi connectivity index (χ0v) is 16.4. The van der Waals surface area contributed by atoms with Crippen LogP contribution in [-0.4, -0.2) is 58.5 Å². The fraction of sp³-hybridized carbons (Fsp3) is 0.400. The molecule has 2 aliphatic rings. The normalized spacial score (nSPS) is 21.1.